The maximum absolute atomic E-state index is 11.7. The molecule has 0 aromatic carbocycles. The van der Waals surface area contributed by atoms with Crippen LogP contribution in [0.3, 0.4) is 0 Å². The van der Waals surface area contributed by atoms with E-state index < -0.39 is 0 Å². The van der Waals surface area contributed by atoms with Crippen LogP contribution in [-0.2, 0) is 0 Å². The minimum absolute atomic E-state index is 0.188. The minimum Gasteiger partial charge on any atom is -0.390 e. The Hall–Kier alpha value is -1.56. The normalized spacial score (nSPS) is 9.94. The third-order valence-electron chi connectivity index (χ3n) is 2.17. The van der Waals surface area contributed by atoms with Crippen molar-refractivity contribution in [2.75, 3.05) is 19.3 Å². The van der Waals surface area contributed by atoms with Crippen LogP contribution < -0.4 is 16.4 Å². The third kappa shape index (κ3) is 2.16. The number of thiophene rings is 1. The highest BCUT2D eigenvalue weighted by Crippen LogP contribution is 2.30. The number of carbonyl (C=O) groups is 2. The summed E-state index contributed by atoms with van der Waals surface area (Å²) in [6, 6.07) is 0. The predicted octanol–water partition coefficient (Wildman–Crippen LogP) is 0.748. The Morgan fingerprint density at radius 1 is 1.38 bits per heavy atom. The lowest BCUT2D eigenvalue weighted by Crippen LogP contribution is -2.23. The zero-order valence-corrected chi connectivity index (χ0v) is 10.3. The molecule has 88 valence electrons. The highest BCUT2D eigenvalue weighted by Gasteiger charge is 2.21. The molecular weight excluding hydrogens is 226 g/mol. The average molecular weight is 241 g/mol. The Morgan fingerprint density at radius 3 is 2.50 bits per heavy atom. The number of nitrogens with one attached hydrogen (secondary N) is 2. The van der Waals surface area contributed by atoms with Crippen molar-refractivity contribution < 1.29 is 9.59 Å². The van der Waals surface area contributed by atoms with E-state index in [4.69, 9.17) is 5.73 Å². The molecule has 4 N–H and O–H groups in total. The second kappa shape index (κ2) is 4.98. The smallest absolute Gasteiger partial charge is 0.261 e. The van der Waals surface area contributed by atoms with E-state index in [1.807, 2.05) is 6.92 Å². The SMILES string of the molecule is CCNC(=O)c1sc(N)c(C(=O)NC)c1C. The fourth-order valence-corrected chi connectivity index (χ4v) is 2.39. The molecule has 1 aromatic rings. The molecule has 0 unspecified atom stereocenters. The van der Waals surface area contributed by atoms with E-state index in [0.717, 1.165) is 11.3 Å². The average Bonchev–Trinajstić information content (AvgIpc) is 2.54. The third-order valence-corrected chi connectivity index (χ3v) is 3.29. The maximum atomic E-state index is 11.7. The quantitative estimate of drug-likeness (QED) is 0.730. The number of nitrogens with two attached hydrogens (primary N) is 1. The van der Waals surface area contributed by atoms with E-state index in [9.17, 15) is 9.59 Å². The molecule has 0 bridgehead atoms. The molecule has 0 fully saturated rings. The van der Waals surface area contributed by atoms with Crippen molar-refractivity contribution in [1.82, 2.24) is 10.6 Å². The zero-order valence-electron chi connectivity index (χ0n) is 9.51. The van der Waals surface area contributed by atoms with Gasteiger partial charge in [0, 0.05) is 13.6 Å². The van der Waals surface area contributed by atoms with Gasteiger partial charge in [0.1, 0.15) is 0 Å². The summed E-state index contributed by atoms with van der Waals surface area (Å²) in [5.41, 5.74) is 6.76. The first-order valence-electron chi connectivity index (χ1n) is 4.92. The topological polar surface area (TPSA) is 84.2 Å². The molecule has 0 saturated heterocycles. The Kier molecular flexibility index (Phi) is 3.89. The Morgan fingerprint density at radius 2 is 2.00 bits per heavy atom. The van der Waals surface area contributed by atoms with E-state index in [0.29, 0.717) is 27.5 Å². The number of rotatable bonds is 3. The standard InChI is InChI=1S/C10H15N3O2S/c1-4-13-10(15)7-5(2)6(8(11)16-7)9(14)12-3/h4,11H2,1-3H3,(H,12,14)(H,13,15). The van der Waals surface area contributed by atoms with Gasteiger partial charge in [-0.05, 0) is 19.4 Å². The summed E-state index contributed by atoms with van der Waals surface area (Å²) in [5, 5.41) is 5.56. The van der Waals surface area contributed by atoms with Gasteiger partial charge in [-0.2, -0.15) is 0 Å². The van der Waals surface area contributed by atoms with Crippen LogP contribution >= 0.6 is 11.3 Å². The van der Waals surface area contributed by atoms with Crippen molar-refractivity contribution in [1.29, 1.82) is 0 Å². The summed E-state index contributed by atoms with van der Waals surface area (Å²) in [5.74, 6) is -0.450. The van der Waals surface area contributed by atoms with E-state index >= 15 is 0 Å². The molecule has 1 heterocycles. The van der Waals surface area contributed by atoms with Gasteiger partial charge in [-0.1, -0.05) is 0 Å². The number of carbonyl (C=O) groups excluding carboxylic acids is 2. The van der Waals surface area contributed by atoms with Crippen molar-refractivity contribution in [3.63, 3.8) is 0 Å². The van der Waals surface area contributed by atoms with E-state index in [2.05, 4.69) is 10.6 Å². The summed E-state index contributed by atoms with van der Waals surface area (Å²) < 4.78 is 0. The molecule has 16 heavy (non-hydrogen) atoms. The van der Waals surface area contributed by atoms with Gasteiger partial charge in [-0.15, -0.1) is 11.3 Å². The molecular formula is C10H15N3O2S. The van der Waals surface area contributed by atoms with Gasteiger partial charge in [0.2, 0.25) is 0 Å². The number of nitrogen functional groups attached to an aromatic ring is 1. The van der Waals surface area contributed by atoms with Gasteiger partial charge in [0.05, 0.1) is 15.4 Å². The summed E-state index contributed by atoms with van der Waals surface area (Å²) in [6.07, 6.45) is 0. The number of anilines is 1. The second-order valence-corrected chi connectivity index (χ2v) is 4.29. The lowest BCUT2D eigenvalue weighted by molar-refractivity contribution is 0.0958. The first-order chi connectivity index (χ1) is 7.52. The Balaban J connectivity index is 3.16. The fourth-order valence-electron chi connectivity index (χ4n) is 1.40. The molecule has 0 aliphatic carbocycles. The summed E-state index contributed by atoms with van der Waals surface area (Å²) >= 11 is 1.14. The highest BCUT2D eigenvalue weighted by molar-refractivity contribution is 7.18. The van der Waals surface area contributed by atoms with E-state index in [1.165, 1.54) is 7.05 Å². The maximum Gasteiger partial charge on any atom is 0.261 e. The van der Waals surface area contributed by atoms with Crippen molar-refractivity contribution in [2.45, 2.75) is 13.8 Å². The highest BCUT2D eigenvalue weighted by atomic mass is 32.1. The van der Waals surface area contributed by atoms with Gasteiger partial charge in [0.25, 0.3) is 11.8 Å². The molecule has 6 heteroatoms. The Labute approximate surface area is 98.0 Å². The van der Waals surface area contributed by atoms with Crippen LogP contribution in [0.5, 0.6) is 0 Å². The van der Waals surface area contributed by atoms with Crippen LogP contribution in [0.15, 0.2) is 0 Å². The van der Waals surface area contributed by atoms with Gasteiger partial charge >= 0.3 is 0 Å². The lowest BCUT2D eigenvalue weighted by atomic mass is 10.1. The summed E-state index contributed by atoms with van der Waals surface area (Å²) in [4.78, 5) is 23.7. The van der Waals surface area contributed by atoms with Crippen LogP contribution in [0.2, 0.25) is 0 Å². The molecule has 0 radical (unpaired) electrons. The zero-order chi connectivity index (χ0) is 12.3. The first-order valence-corrected chi connectivity index (χ1v) is 5.73. The van der Waals surface area contributed by atoms with Crippen molar-refractivity contribution in [3.05, 3.63) is 16.0 Å². The lowest BCUT2D eigenvalue weighted by Gasteiger charge is -2.02. The van der Waals surface area contributed by atoms with Crippen molar-refractivity contribution >= 4 is 28.2 Å². The molecule has 0 aliphatic heterocycles. The van der Waals surface area contributed by atoms with E-state index in [1.54, 1.807) is 6.92 Å². The number of hydrogen-bond donors (Lipinski definition) is 3. The van der Waals surface area contributed by atoms with E-state index in [-0.39, 0.29) is 11.8 Å². The Bertz CT molecular complexity index is 426. The van der Waals surface area contributed by atoms with Crippen molar-refractivity contribution in [3.8, 4) is 0 Å². The van der Waals surface area contributed by atoms with Crippen LogP contribution in [0, 0.1) is 6.92 Å². The number of hydrogen-bond acceptors (Lipinski definition) is 4. The second-order valence-electron chi connectivity index (χ2n) is 3.23. The largest absolute Gasteiger partial charge is 0.390 e. The van der Waals surface area contributed by atoms with Crippen molar-refractivity contribution in [2.24, 2.45) is 0 Å². The summed E-state index contributed by atoms with van der Waals surface area (Å²) in [7, 11) is 1.53. The van der Waals surface area contributed by atoms with Gasteiger partial charge in [0.15, 0.2) is 0 Å². The van der Waals surface area contributed by atoms with Crippen LogP contribution in [0.25, 0.3) is 0 Å². The summed E-state index contributed by atoms with van der Waals surface area (Å²) in [6.45, 7) is 4.11. The molecule has 5 nitrogen and oxygen atoms in total. The van der Waals surface area contributed by atoms with Gasteiger partial charge < -0.3 is 16.4 Å². The first kappa shape index (κ1) is 12.5. The van der Waals surface area contributed by atoms with Gasteiger partial charge in [-0.25, -0.2) is 0 Å². The molecule has 0 saturated carbocycles. The molecule has 1 rings (SSSR count). The van der Waals surface area contributed by atoms with Crippen LogP contribution in [0.4, 0.5) is 5.00 Å². The molecule has 0 aliphatic rings. The molecule has 0 spiro atoms. The van der Waals surface area contributed by atoms with Crippen LogP contribution in [-0.4, -0.2) is 25.4 Å². The monoisotopic (exact) mass is 241 g/mol. The van der Waals surface area contributed by atoms with Gasteiger partial charge in [-0.3, -0.25) is 9.59 Å². The molecule has 0 atom stereocenters. The minimum atomic E-state index is -0.262. The molecule has 1 aromatic heterocycles. The fraction of sp³-hybridized carbons (Fsp3) is 0.400. The molecule has 2 amide bonds. The predicted molar refractivity (Wildman–Crippen MR) is 64.9 cm³/mol. The number of amides is 2. The van der Waals surface area contributed by atoms with Crippen LogP contribution in [0.1, 0.15) is 32.5 Å².